The van der Waals surface area contributed by atoms with Crippen molar-refractivity contribution in [2.24, 2.45) is 0 Å². The summed E-state index contributed by atoms with van der Waals surface area (Å²) >= 11 is 0. The van der Waals surface area contributed by atoms with Crippen LogP contribution in [-0.4, -0.2) is 10.9 Å². The fraction of sp³-hybridized carbons (Fsp3) is 0.100. The molecular weight excluding hydrogens is 317 g/mol. The van der Waals surface area contributed by atoms with Crippen LogP contribution in [0.1, 0.15) is 12.5 Å². The Bertz CT molecular complexity index is 881. The largest absolute Gasteiger partial charge is 0.381 e. The molecule has 0 fully saturated rings. The van der Waals surface area contributed by atoms with Gasteiger partial charge in [0, 0.05) is 31.5 Å². The number of halogens is 1. The van der Waals surface area contributed by atoms with Gasteiger partial charge in [-0.25, -0.2) is 4.39 Å². The summed E-state index contributed by atoms with van der Waals surface area (Å²) in [6, 6.07) is 16.6. The Morgan fingerprint density at radius 3 is 2.68 bits per heavy atom. The molecule has 0 unspecified atom stereocenters. The van der Waals surface area contributed by atoms with Gasteiger partial charge in [-0.1, -0.05) is 24.3 Å². The third kappa shape index (κ3) is 4.41. The number of rotatable bonds is 5. The van der Waals surface area contributed by atoms with E-state index in [1.54, 1.807) is 18.3 Å². The van der Waals surface area contributed by atoms with Crippen molar-refractivity contribution in [3.63, 3.8) is 0 Å². The van der Waals surface area contributed by atoms with Crippen LogP contribution in [0.4, 0.5) is 15.8 Å². The molecule has 126 valence electrons. The van der Waals surface area contributed by atoms with Crippen LogP contribution in [0.5, 0.6) is 0 Å². The van der Waals surface area contributed by atoms with Gasteiger partial charge in [-0.05, 0) is 47.0 Å². The standard InChI is InChI=1S/C20H18FN3O/c1-14(25)24-20-11-18(7-8-19(20)21)23-12-15-4-2-5-16(10-15)17-6-3-9-22-13-17/h2-11,13,23H,12H2,1H3,(H,24,25). The number of amides is 1. The SMILES string of the molecule is CC(=O)Nc1cc(NCc2cccc(-c3cccnc3)c2)ccc1F. The monoisotopic (exact) mass is 335 g/mol. The first-order valence-electron chi connectivity index (χ1n) is 7.92. The third-order valence-corrected chi connectivity index (χ3v) is 3.70. The zero-order chi connectivity index (χ0) is 17.6. The minimum atomic E-state index is -0.459. The number of hydrogen-bond acceptors (Lipinski definition) is 3. The van der Waals surface area contributed by atoms with Gasteiger partial charge in [0.25, 0.3) is 0 Å². The smallest absolute Gasteiger partial charge is 0.221 e. The van der Waals surface area contributed by atoms with E-state index < -0.39 is 5.82 Å². The van der Waals surface area contributed by atoms with Gasteiger partial charge in [-0.3, -0.25) is 9.78 Å². The van der Waals surface area contributed by atoms with Gasteiger partial charge in [-0.2, -0.15) is 0 Å². The number of aromatic nitrogens is 1. The van der Waals surface area contributed by atoms with Crippen LogP contribution in [-0.2, 0) is 11.3 Å². The number of carbonyl (C=O) groups is 1. The van der Waals surface area contributed by atoms with Gasteiger partial charge in [-0.15, -0.1) is 0 Å². The number of benzene rings is 2. The first-order valence-corrected chi connectivity index (χ1v) is 7.92. The number of anilines is 2. The molecule has 2 N–H and O–H groups in total. The predicted octanol–water partition coefficient (Wildman–Crippen LogP) is 4.46. The topological polar surface area (TPSA) is 54.0 Å². The van der Waals surface area contributed by atoms with Crippen LogP contribution in [0.15, 0.2) is 67.0 Å². The molecule has 3 aromatic rings. The van der Waals surface area contributed by atoms with Crippen LogP contribution in [0, 0.1) is 5.82 Å². The summed E-state index contributed by atoms with van der Waals surface area (Å²) in [5.74, 6) is -0.764. The van der Waals surface area contributed by atoms with Gasteiger partial charge in [0.2, 0.25) is 5.91 Å². The van der Waals surface area contributed by atoms with E-state index in [4.69, 9.17) is 0 Å². The van der Waals surface area contributed by atoms with Crippen molar-refractivity contribution in [1.29, 1.82) is 0 Å². The summed E-state index contributed by atoms with van der Waals surface area (Å²) in [6.07, 6.45) is 3.57. The van der Waals surface area contributed by atoms with Crippen molar-refractivity contribution in [2.45, 2.75) is 13.5 Å². The molecule has 1 heterocycles. The summed E-state index contributed by atoms with van der Waals surface area (Å²) < 4.78 is 13.7. The molecule has 1 aromatic heterocycles. The Morgan fingerprint density at radius 1 is 1.08 bits per heavy atom. The zero-order valence-corrected chi connectivity index (χ0v) is 13.8. The van der Waals surface area contributed by atoms with E-state index in [1.165, 1.54) is 13.0 Å². The number of nitrogens with zero attached hydrogens (tertiary/aromatic N) is 1. The lowest BCUT2D eigenvalue weighted by Crippen LogP contribution is -2.08. The lowest BCUT2D eigenvalue weighted by molar-refractivity contribution is -0.114. The molecule has 5 heteroatoms. The lowest BCUT2D eigenvalue weighted by atomic mass is 10.0. The summed E-state index contributed by atoms with van der Waals surface area (Å²) in [5, 5.41) is 5.73. The molecule has 0 spiro atoms. The van der Waals surface area contributed by atoms with Crippen molar-refractivity contribution in [3.8, 4) is 11.1 Å². The Kier molecular flexibility index (Phi) is 5.04. The highest BCUT2D eigenvalue weighted by Crippen LogP contribution is 2.22. The second-order valence-electron chi connectivity index (χ2n) is 5.67. The maximum atomic E-state index is 13.7. The van der Waals surface area contributed by atoms with Crippen LogP contribution in [0.25, 0.3) is 11.1 Å². The molecule has 0 saturated carbocycles. The van der Waals surface area contributed by atoms with E-state index in [-0.39, 0.29) is 11.6 Å². The van der Waals surface area contributed by atoms with Crippen molar-refractivity contribution >= 4 is 17.3 Å². The summed E-state index contributed by atoms with van der Waals surface area (Å²) in [4.78, 5) is 15.3. The van der Waals surface area contributed by atoms with Crippen LogP contribution in [0.2, 0.25) is 0 Å². The van der Waals surface area contributed by atoms with Gasteiger partial charge in [0.15, 0.2) is 0 Å². The second kappa shape index (κ2) is 7.57. The molecule has 4 nitrogen and oxygen atoms in total. The second-order valence-corrected chi connectivity index (χ2v) is 5.67. The van der Waals surface area contributed by atoms with Gasteiger partial charge in [0.1, 0.15) is 5.82 Å². The average Bonchev–Trinajstić information content (AvgIpc) is 2.63. The zero-order valence-electron chi connectivity index (χ0n) is 13.8. The predicted molar refractivity (Wildman–Crippen MR) is 97.7 cm³/mol. The number of hydrogen-bond donors (Lipinski definition) is 2. The normalized spacial score (nSPS) is 10.3. The molecule has 0 atom stereocenters. The third-order valence-electron chi connectivity index (χ3n) is 3.70. The quantitative estimate of drug-likeness (QED) is 0.724. The number of carbonyl (C=O) groups excluding carboxylic acids is 1. The van der Waals surface area contributed by atoms with E-state index >= 15 is 0 Å². The highest BCUT2D eigenvalue weighted by atomic mass is 19.1. The molecule has 0 bridgehead atoms. The maximum absolute atomic E-state index is 13.7. The van der Waals surface area contributed by atoms with E-state index in [9.17, 15) is 9.18 Å². The Hall–Kier alpha value is -3.21. The highest BCUT2D eigenvalue weighted by molar-refractivity contribution is 5.89. The Morgan fingerprint density at radius 2 is 1.92 bits per heavy atom. The number of nitrogens with one attached hydrogen (secondary N) is 2. The molecular formula is C20H18FN3O. The molecule has 25 heavy (non-hydrogen) atoms. The first-order chi connectivity index (χ1) is 12.1. The summed E-state index contributed by atoms with van der Waals surface area (Å²) in [7, 11) is 0. The Labute approximate surface area is 145 Å². The average molecular weight is 335 g/mol. The summed E-state index contributed by atoms with van der Waals surface area (Å²) in [6.45, 7) is 1.93. The van der Waals surface area contributed by atoms with Crippen molar-refractivity contribution in [2.75, 3.05) is 10.6 Å². The van der Waals surface area contributed by atoms with Crippen LogP contribution < -0.4 is 10.6 Å². The molecule has 3 rings (SSSR count). The minimum Gasteiger partial charge on any atom is -0.381 e. The summed E-state index contributed by atoms with van der Waals surface area (Å²) in [5.41, 5.74) is 4.13. The van der Waals surface area contributed by atoms with Crippen molar-refractivity contribution in [1.82, 2.24) is 4.98 Å². The number of pyridine rings is 1. The molecule has 0 aliphatic carbocycles. The molecule has 2 aromatic carbocycles. The maximum Gasteiger partial charge on any atom is 0.221 e. The lowest BCUT2D eigenvalue weighted by Gasteiger charge is -2.11. The van der Waals surface area contributed by atoms with Crippen molar-refractivity contribution < 1.29 is 9.18 Å². The minimum absolute atomic E-state index is 0.168. The first kappa shape index (κ1) is 16.6. The molecule has 0 aliphatic heterocycles. The van der Waals surface area contributed by atoms with Crippen LogP contribution >= 0.6 is 0 Å². The fourth-order valence-electron chi connectivity index (χ4n) is 2.52. The van der Waals surface area contributed by atoms with E-state index in [1.807, 2.05) is 36.5 Å². The molecule has 1 amide bonds. The molecule has 0 saturated heterocycles. The fourth-order valence-corrected chi connectivity index (χ4v) is 2.52. The van der Waals surface area contributed by atoms with Gasteiger partial charge < -0.3 is 10.6 Å². The van der Waals surface area contributed by atoms with Gasteiger partial charge in [0.05, 0.1) is 5.69 Å². The molecule has 0 aliphatic rings. The molecule has 0 radical (unpaired) electrons. The van der Waals surface area contributed by atoms with E-state index in [0.29, 0.717) is 6.54 Å². The van der Waals surface area contributed by atoms with Gasteiger partial charge >= 0.3 is 0 Å². The van der Waals surface area contributed by atoms with E-state index in [2.05, 4.69) is 21.7 Å². The van der Waals surface area contributed by atoms with Crippen LogP contribution in [0.3, 0.4) is 0 Å². The highest BCUT2D eigenvalue weighted by Gasteiger charge is 2.05. The van der Waals surface area contributed by atoms with E-state index in [0.717, 1.165) is 22.4 Å². The van der Waals surface area contributed by atoms with Crippen molar-refractivity contribution in [3.05, 3.63) is 78.4 Å². The Balaban J connectivity index is 1.73.